The van der Waals surface area contributed by atoms with E-state index in [-0.39, 0.29) is 34.0 Å². The van der Waals surface area contributed by atoms with Crippen LogP contribution in [0, 0.1) is 0 Å². The molecule has 0 amide bonds. The van der Waals surface area contributed by atoms with Gasteiger partial charge < -0.3 is 0 Å². The molecule has 0 atom stereocenters. The van der Waals surface area contributed by atoms with Gasteiger partial charge in [0.1, 0.15) is 16.3 Å². The highest BCUT2D eigenvalue weighted by atomic mass is 79.9. The molecule has 10 heavy (non-hydrogen) atoms. The van der Waals surface area contributed by atoms with Crippen molar-refractivity contribution >= 4 is 50.3 Å². The lowest BCUT2D eigenvalue weighted by atomic mass is 10.2. The molecule has 62 valence electrons. The Morgan fingerprint density at radius 1 is 0.900 bits per heavy atom. The molecule has 0 aromatic carbocycles. The number of unbranched alkanes of at least 4 members (excludes halogenated alkanes) is 4. The normalized spacial score (nSPS) is 7.70. The fourth-order valence-corrected chi connectivity index (χ4v) is 1.04. The first-order chi connectivity index (χ1) is 3.91. The Balaban J connectivity index is -0.000000245. The van der Waals surface area contributed by atoms with Crippen LogP contribution in [0.2, 0.25) is 5.28 Å². The first-order valence-corrected chi connectivity index (χ1v) is 4.43. The monoisotopic (exact) mass is 286 g/mol. The van der Waals surface area contributed by atoms with Crippen molar-refractivity contribution in [2.45, 2.75) is 44.3 Å². The van der Waals surface area contributed by atoms with Gasteiger partial charge in [0.05, 0.1) is 0 Å². The van der Waals surface area contributed by atoms with Gasteiger partial charge >= 0.3 is 0 Å². The zero-order valence-corrected chi connectivity index (χ0v) is 11.2. The zero-order chi connectivity index (χ0) is 6.24. The number of rotatable bonds is 5. The lowest BCUT2D eigenvalue weighted by molar-refractivity contribution is 0.656. The second kappa shape index (κ2) is 16.8. The smallest absolute Gasteiger partial charge is 0.118 e. The van der Waals surface area contributed by atoms with Crippen LogP contribution in [0.15, 0.2) is 0 Å². The van der Waals surface area contributed by atoms with Crippen LogP contribution in [-0.4, -0.2) is 16.3 Å². The largest absolute Gasteiger partial charge is 0.118 e. The molecule has 0 heterocycles. The van der Waals surface area contributed by atoms with Crippen molar-refractivity contribution in [1.29, 1.82) is 0 Å². The summed E-state index contributed by atoms with van der Waals surface area (Å²) in [7, 11) is 0. The van der Waals surface area contributed by atoms with E-state index in [1.165, 1.54) is 37.4 Å². The molecule has 0 N–H and O–H groups in total. The molecule has 0 aliphatic rings. The molecule has 3 heteroatoms. The second-order valence-corrected chi connectivity index (χ2v) is 2.78. The predicted molar refractivity (Wildman–Crippen MR) is 60.0 cm³/mol. The summed E-state index contributed by atoms with van der Waals surface area (Å²) in [5.41, 5.74) is 0. The Morgan fingerprint density at radius 2 is 1.40 bits per heavy atom. The highest BCUT2D eigenvalue weighted by Crippen LogP contribution is 2.02. The van der Waals surface area contributed by atoms with E-state index < -0.39 is 0 Å². The average Bonchev–Trinajstić information content (AvgIpc) is 1.81. The van der Waals surface area contributed by atoms with Gasteiger partial charge in [-0.25, -0.2) is 0 Å². The third kappa shape index (κ3) is 16.2. The summed E-state index contributed by atoms with van der Waals surface area (Å²) in [5.74, 6) is 0. The minimum atomic E-state index is 0. The number of halogens is 2. The first-order valence-electron chi connectivity index (χ1n) is 3.62. The van der Waals surface area contributed by atoms with Crippen LogP contribution in [-0.2, 0) is 0 Å². The van der Waals surface area contributed by atoms with Crippen LogP contribution in [0.25, 0.3) is 0 Å². The maximum absolute atomic E-state index is 2.77. The molecule has 0 aliphatic carbocycles. The zero-order valence-electron chi connectivity index (χ0n) is 6.64. The van der Waals surface area contributed by atoms with Crippen molar-refractivity contribution in [1.82, 2.24) is 0 Å². The summed E-state index contributed by atoms with van der Waals surface area (Å²) in [6.07, 6.45) is 7.04. The van der Waals surface area contributed by atoms with E-state index in [9.17, 15) is 0 Å². The van der Waals surface area contributed by atoms with Gasteiger partial charge in [0, 0.05) is 0 Å². The highest BCUT2D eigenvalue weighted by molar-refractivity contribution is 8.93. The summed E-state index contributed by atoms with van der Waals surface area (Å²) < 4.78 is 0. The van der Waals surface area contributed by atoms with E-state index in [0.717, 1.165) is 0 Å². The number of hydrogen-bond acceptors (Lipinski definition) is 0. The van der Waals surface area contributed by atoms with Crippen LogP contribution < -0.4 is 0 Å². The second-order valence-electron chi connectivity index (χ2n) is 2.20. The summed E-state index contributed by atoms with van der Waals surface area (Å²) >= 11 is 2.77. The van der Waals surface area contributed by atoms with E-state index in [4.69, 9.17) is 0 Å². The Kier molecular flexibility index (Phi) is 29.5. The third-order valence-corrected chi connectivity index (χ3v) is 1.72. The predicted octanol–water partition coefficient (Wildman–Crippen LogP) is 3.70. The highest BCUT2D eigenvalue weighted by Gasteiger charge is 1.83. The van der Waals surface area contributed by atoms with Crippen molar-refractivity contribution in [3.63, 3.8) is 0 Å². The SMILES string of the molecule is Br.Br.CCCCCC[CH2][Al]. The molecule has 0 aromatic rings. The molecule has 0 unspecified atom stereocenters. The van der Waals surface area contributed by atoms with Gasteiger partial charge in [0.25, 0.3) is 0 Å². The maximum Gasteiger partial charge on any atom is 0.118 e. The van der Waals surface area contributed by atoms with Crippen molar-refractivity contribution in [2.24, 2.45) is 0 Å². The van der Waals surface area contributed by atoms with Gasteiger partial charge in [0.15, 0.2) is 0 Å². The molecule has 0 bridgehead atoms. The summed E-state index contributed by atoms with van der Waals surface area (Å²) in [5, 5.41) is 1.28. The lowest BCUT2D eigenvalue weighted by Crippen LogP contribution is -1.75. The minimum absolute atomic E-state index is 0. The molecular formula is C7H17AlBr2. The van der Waals surface area contributed by atoms with E-state index in [1.54, 1.807) is 0 Å². The molecule has 0 aliphatic heterocycles. The fraction of sp³-hybridized carbons (Fsp3) is 1.00. The average molecular weight is 288 g/mol. The lowest BCUT2D eigenvalue weighted by Gasteiger charge is -1.94. The molecule has 0 fully saturated rings. The van der Waals surface area contributed by atoms with E-state index in [0.29, 0.717) is 0 Å². The van der Waals surface area contributed by atoms with Gasteiger partial charge in [-0.1, -0.05) is 39.0 Å². The van der Waals surface area contributed by atoms with Crippen molar-refractivity contribution in [3.8, 4) is 0 Å². The van der Waals surface area contributed by atoms with E-state index in [2.05, 4.69) is 23.2 Å². The number of hydrogen-bond donors (Lipinski definition) is 0. The topological polar surface area (TPSA) is 0 Å². The summed E-state index contributed by atoms with van der Waals surface area (Å²) in [6, 6.07) is 0. The fourth-order valence-electron chi connectivity index (χ4n) is 0.748. The molecule has 0 rings (SSSR count). The molecule has 0 aromatic heterocycles. The molecular weight excluding hydrogens is 271 g/mol. The van der Waals surface area contributed by atoms with Gasteiger partial charge in [-0.15, -0.1) is 39.2 Å². The summed E-state index contributed by atoms with van der Waals surface area (Å²) in [6.45, 7) is 2.25. The van der Waals surface area contributed by atoms with Crippen LogP contribution >= 0.6 is 34.0 Å². The third-order valence-electron chi connectivity index (χ3n) is 1.31. The Hall–Kier alpha value is 1.49. The van der Waals surface area contributed by atoms with Crippen LogP contribution in [0.4, 0.5) is 0 Å². The van der Waals surface area contributed by atoms with Gasteiger partial charge in [-0.05, 0) is 0 Å². The van der Waals surface area contributed by atoms with Crippen LogP contribution in [0.5, 0.6) is 0 Å². The van der Waals surface area contributed by atoms with Gasteiger partial charge in [-0.3, -0.25) is 0 Å². The van der Waals surface area contributed by atoms with Gasteiger partial charge in [-0.2, -0.15) is 0 Å². The Bertz CT molecular complexity index is 36.6. The maximum atomic E-state index is 2.77. The van der Waals surface area contributed by atoms with Crippen molar-refractivity contribution < 1.29 is 0 Å². The minimum Gasteiger partial charge on any atom is -0.118 e. The molecule has 0 spiro atoms. The Labute approximate surface area is 94.1 Å². The van der Waals surface area contributed by atoms with Crippen molar-refractivity contribution in [2.75, 3.05) is 0 Å². The van der Waals surface area contributed by atoms with Gasteiger partial charge in [0.2, 0.25) is 0 Å². The van der Waals surface area contributed by atoms with Crippen molar-refractivity contribution in [3.05, 3.63) is 0 Å². The molecule has 0 nitrogen and oxygen atoms in total. The molecule has 2 radical (unpaired) electrons. The Morgan fingerprint density at radius 3 is 1.80 bits per heavy atom. The first kappa shape index (κ1) is 17.5. The van der Waals surface area contributed by atoms with E-state index >= 15 is 0 Å². The molecule has 0 saturated heterocycles. The van der Waals surface area contributed by atoms with E-state index in [1.807, 2.05) is 0 Å². The van der Waals surface area contributed by atoms with Crippen LogP contribution in [0.3, 0.4) is 0 Å². The van der Waals surface area contributed by atoms with Crippen LogP contribution in [0.1, 0.15) is 39.0 Å². The summed E-state index contributed by atoms with van der Waals surface area (Å²) in [4.78, 5) is 0. The molecule has 0 saturated carbocycles. The standard InChI is InChI=1S/C7H15.Al.2BrH/c1-3-5-7-6-4-2;;;/h1,3-7H2,2H3;;2*1H. The quantitative estimate of drug-likeness (QED) is 0.534.